The monoisotopic (exact) mass is 393 g/mol. The summed E-state index contributed by atoms with van der Waals surface area (Å²) in [5, 5.41) is 20.6. The van der Waals surface area contributed by atoms with Crippen LogP contribution in [0.2, 0.25) is 0 Å². The van der Waals surface area contributed by atoms with Crippen molar-refractivity contribution in [2.75, 3.05) is 6.61 Å². The molecule has 0 spiro atoms. The fourth-order valence-electron chi connectivity index (χ4n) is 2.23. The lowest BCUT2D eigenvalue weighted by molar-refractivity contribution is -0.384. The summed E-state index contributed by atoms with van der Waals surface area (Å²) < 4.78 is 7.16. The summed E-state index contributed by atoms with van der Waals surface area (Å²) in [5.41, 5.74) is 1.16. The molecule has 2 aromatic carbocycles. The molecule has 0 saturated heterocycles. The molecule has 1 aromatic heterocycles. The van der Waals surface area contributed by atoms with Crippen LogP contribution in [0.4, 0.5) is 5.69 Å². The van der Waals surface area contributed by atoms with E-state index in [0.717, 1.165) is 10.2 Å². The molecule has 3 rings (SSSR count). The summed E-state index contributed by atoms with van der Waals surface area (Å²) in [6.07, 6.45) is 6.75. The average molecular weight is 393 g/mol. The topological polar surface area (TPSA) is 89.0 Å². The smallest absolute Gasteiger partial charge is 0.270 e. The highest BCUT2D eigenvalue weighted by atomic mass is 32.2. The van der Waals surface area contributed by atoms with Gasteiger partial charge >= 0.3 is 0 Å². The first-order chi connectivity index (χ1) is 13.1. The standard InChI is InChI=1S/C19H11N3O3S2/c1-2-9-25-17-8-7-14(22(23)24)10-13(17)11-15(12-20)26-19-21-16-5-3-4-6-18(16)27-19/h1,3-8,10-11H,9H2/b15-11+. The van der Waals surface area contributed by atoms with Crippen molar-refractivity contribution in [3.8, 4) is 24.2 Å². The number of hydrogen-bond donors (Lipinski definition) is 0. The highest BCUT2D eigenvalue weighted by molar-refractivity contribution is 8.05. The number of non-ortho nitro benzene ring substituents is 1. The minimum Gasteiger partial charge on any atom is -0.480 e. The fourth-order valence-corrected chi connectivity index (χ4v) is 4.19. The second-order valence-electron chi connectivity index (χ2n) is 5.14. The van der Waals surface area contributed by atoms with Crippen molar-refractivity contribution in [1.29, 1.82) is 5.26 Å². The first-order valence-electron chi connectivity index (χ1n) is 7.60. The summed E-state index contributed by atoms with van der Waals surface area (Å²) in [4.78, 5) is 15.4. The highest BCUT2D eigenvalue weighted by Crippen LogP contribution is 2.36. The first-order valence-corrected chi connectivity index (χ1v) is 9.24. The lowest BCUT2D eigenvalue weighted by Crippen LogP contribution is -1.97. The molecule has 6 nitrogen and oxygen atoms in total. The van der Waals surface area contributed by atoms with Gasteiger partial charge < -0.3 is 4.74 Å². The van der Waals surface area contributed by atoms with Gasteiger partial charge in [0.2, 0.25) is 0 Å². The van der Waals surface area contributed by atoms with Gasteiger partial charge in [-0.2, -0.15) is 5.26 Å². The van der Waals surface area contributed by atoms with Crippen LogP contribution in [-0.4, -0.2) is 16.5 Å². The number of aromatic nitrogens is 1. The van der Waals surface area contributed by atoms with Gasteiger partial charge in [0.05, 0.1) is 20.0 Å². The van der Waals surface area contributed by atoms with E-state index in [-0.39, 0.29) is 12.3 Å². The SMILES string of the molecule is C#CCOc1ccc([N+](=O)[O-])cc1/C=C(\C#N)Sc1nc2ccccc2s1. The zero-order valence-corrected chi connectivity index (χ0v) is 15.4. The number of nitriles is 1. The maximum Gasteiger partial charge on any atom is 0.270 e. The number of rotatable bonds is 6. The Hall–Kier alpha value is -3.33. The molecule has 0 saturated carbocycles. The fraction of sp³-hybridized carbons (Fsp3) is 0.0526. The third kappa shape index (κ3) is 4.45. The van der Waals surface area contributed by atoms with Gasteiger partial charge in [-0.15, -0.1) is 17.8 Å². The molecule has 0 aliphatic rings. The van der Waals surface area contributed by atoms with Gasteiger partial charge in [0, 0.05) is 17.7 Å². The van der Waals surface area contributed by atoms with E-state index in [4.69, 9.17) is 11.2 Å². The van der Waals surface area contributed by atoms with E-state index in [1.165, 1.54) is 47.4 Å². The normalized spacial score (nSPS) is 11.0. The van der Waals surface area contributed by atoms with E-state index in [1.807, 2.05) is 24.3 Å². The third-order valence-corrected chi connectivity index (χ3v) is 5.41. The molecule has 3 aromatic rings. The van der Waals surface area contributed by atoms with Gasteiger partial charge in [0.1, 0.15) is 18.4 Å². The molecule has 8 heteroatoms. The van der Waals surface area contributed by atoms with Gasteiger partial charge in [-0.1, -0.05) is 18.1 Å². The molecule has 0 aliphatic heterocycles. The number of para-hydroxylation sites is 1. The Morgan fingerprint density at radius 2 is 2.22 bits per heavy atom. The minimum atomic E-state index is -0.505. The second-order valence-corrected chi connectivity index (χ2v) is 7.46. The zero-order chi connectivity index (χ0) is 19.2. The van der Waals surface area contributed by atoms with Gasteiger partial charge in [0.25, 0.3) is 5.69 Å². The van der Waals surface area contributed by atoms with Crippen LogP contribution in [0.15, 0.2) is 51.7 Å². The molecule has 0 bridgehead atoms. The summed E-state index contributed by atoms with van der Waals surface area (Å²) in [6, 6.07) is 13.9. The number of thioether (sulfide) groups is 1. The van der Waals surface area contributed by atoms with Gasteiger partial charge in [-0.3, -0.25) is 10.1 Å². The number of allylic oxidation sites excluding steroid dienone is 1. The predicted molar refractivity (Wildman–Crippen MR) is 106 cm³/mol. The number of hydrogen-bond acceptors (Lipinski definition) is 7. The van der Waals surface area contributed by atoms with E-state index < -0.39 is 4.92 Å². The van der Waals surface area contributed by atoms with Crippen LogP contribution >= 0.6 is 23.1 Å². The molecular weight excluding hydrogens is 382 g/mol. The maximum atomic E-state index is 11.1. The van der Waals surface area contributed by atoms with Crippen molar-refractivity contribution in [3.63, 3.8) is 0 Å². The van der Waals surface area contributed by atoms with Crippen molar-refractivity contribution < 1.29 is 9.66 Å². The Labute approximate surface area is 163 Å². The van der Waals surface area contributed by atoms with Crippen LogP contribution in [0.1, 0.15) is 5.56 Å². The van der Waals surface area contributed by atoms with Crippen LogP contribution < -0.4 is 4.74 Å². The quantitative estimate of drug-likeness (QED) is 0.195. The largest absolute Gasteiger partial charge is 0.480 e. The van der Waals surface area contributed by atoms with Gasteiger partial charge in [0.15, 0.2) is 4.34 Å². The van der Waals surface area contributed by atoms with Crippen LogP contribution in [-0.2, 0) is 0 Å². The molecule has 132 valence electrons. The average Bonchev–Trinajstić information content (AvgIpc) is 3.08. The lowest BCUT2D eigenvalue weighted by atomic mass is 10.1. The van der Waals surface area contributed by atoms with E-state index >= 15 is 0 Å². The molecule has 0 fully saturated rings. The van der Waals surface area contributed by atoms with Crippen molar-refractivity contribution in [2.45, 2.75) is 4.34 Å². The summed E-state index contributed by atoms with van der Waals surface area (Å²) in [5.74, 6) is 2.72. The molecule has 0 atom stereocenters. The highest BCUT2D eigenvalue weighted by Gasteiger charge is 2.13. The summed E-state index contributed by atoms with van der Waals surface area (Å²) >= 11 is 2.67. The second kappa shape index (κ2) is 8.37. The summed E-state index contributed by atoms with van der Waals surface area (Å²) in [7, 11) is 0. The molecule has 0 aliphatic carbocycles. The molecule has 0 unspecified atom stereocenters. The van der Waals surface area contributed by atoms with Crippen LogP contribution in [0.3, 0.4) is 0 Å². The number of nitrogens with zero attached hydrogens (tertiary/aromatic N) is 3. The predicted octanol–water partition coefficient (Wildman–Crippen LogP) is 4.87. The Balaban J connectivity index is 1.96. The van der Waals surface area contributed by atoms with E-state index in [9.17, 15) is 15.4 Å². The Bertz CT molecular complexity index is 1090. The number of ether oxygens (including phenoxy) is 1. The number of fused-ring (bicyclic) bond motifs is 1. The van der Waals surface area contributed by atoms with Gasteiger partial charge in [-0.05, 0) is 36.0 Å². The number of nitro benzene ring substituents is 1. The van der Waals surface area contributed by atoms with Crippen LogP contribution in [0, 0.1) is 33.8 Å². The molecule has 27 heavy (non-hydrogen) atoms. The van der Waals surface area contributed by atoms with Crippen LogP contribution in [0.25, 0.3) is 16.3 Å². The Morgan fingerprint density at radius 3 is 2.93 bits per heavy atom. The van der Waals surface area contributed by atoms with Crippen molar-refractivity contribution in [1.82, 2.24) is 4.98 Å². The van der Waals surface area contributed by atoms with Gasteiger partial charge in [-0.25, -0.2) is 4.98 Å². The third-order valence-electron chi connectivity index (χ3n) is 3.38. The lowest BCUT2D eigenvalue weighted by Gasteiger charge is -2.07. The molecule has 0 N–H and O–H groups in total. The molecule has 0 radical (unpaired) electrons. The zero-order valence-electron chi connectivity index (χ0n) is 13.8. The van der Waals surface area contributed by atoms with E-state index in [0.29, 0.717) is 20.6 Å². The first kappa shape index (κ1) is 18.5. The van der Waals surface area contributed by atoms with Crippen molar-refractivity contribution in [3.05, 3.63) is 63.0 Å². The number of terminal acetylenes is 1. The number of benzene rings is 2. The van der Waals surface area contributed by atoms with E-state index in [1.54, 1.807) is 0 Å². The summed E-state index contributed by atoms with van der Waals surface area (Å²) in [6.45, 7) is 0.0194. The Kier molecular flexibility index (Phi) is 5.72. The maximum absolute atomic E-state index is 11.1. The minimum absolute atomic E-state index is 0.0194. The van der Waals surface area contributed by atoms with Crippen molar-refractivity contribution in [2.24, 2.45) is 0 Å². The molecular formula is C19H11N3O3S2. The molecule has 0 amide bonds. The molecule has 1 heterocycles. The van der Waals surface area contributed by atoms with E-state index in [2.05, 4.69) is 17.0 Å². The number of nitro groups is 1. The number of thiazole rings is 1. The van der Waals surface area contributed by atoms with Crippen LogP contribution in [0.5, 0.6) is 5.75 Å². The Morgan fingerprint density at radius 1 is 1.41 bits per heavy atom. The van der Waals surface area contributed by atoms with Crippen molar-refractivity contribution >= 4 is 45.1 Å².